The summed E-state index contributed by atoms with van der Waals surface area (Å²) in [6.45, 7) is 2.89. The van der Waals surface area contributed by atoms with E-state index >= 15 is 0 Å². The van der Waals surface area contributed by atoms with Crippen LogP contribution in [-0.2, 0) is 6.42 Å². The third kappa shape index (κ3) is 4.87. The van der Waals surface area contributed by atoms with Crippen molar-refractivity contribution in [2.75, 3.05) is 6.61 Å². The third-order valence-electron chi connectivity index (χ3n) is 3.44. The maximum atomic E-state index is 12.9. The van der Waals surface area contributed by atoms with Crippen LogP contribution in [0.15, 0.2) is 48.5 Å². The van der Waals surface area contributed by atoms with E-state index in [2.05, 4.69) is 6.92 Å². The minimum atomic E-state index is -0.221. The molecule has 2 N–H and O–H groups in total. The summed E-state index contributed by atoms with van der Waals surface area (Å²) in [5, 5.41) is 0. The van der Waals surface area contributed by atoms with E-state index in [-0.39, 0.29) is 11.9 Å². The largest absolute Gasteiger partial charge is 0.494 e. The van der Waals surface area contributed by atoms with E-state index in [4.69, 9.17) is 10.5 Å². The van der Waals surface area contributed by atoms with E-state index in [0.717, 1.165) is 36.3 Å². The maximum Gasteiger partial charge on any atom is 0.123 e. The zero-order chi connectivity index (χ0) is 15.1. The summed E-state index contributed by atoms with van der Waals surface area (Å²) >= 11 is 0. The Morgan fingerprint density at radius 3 is 2.33 bits per heavy atom. The van der Waals surface area contributed by atoms with Gasteiger partial charge in [-0.1, -0.05) is 37.6 Å². The molecule has 0 aromatic heterocycles. The molecule has 0 saturated heterocycles. The summed E-state index contributed by atoms with van der Waals surface area (Å²) < 4.78 is 18.5. The molecule has 21 heavy (non-hydrogen) atoms. The lowest BCUT2D eigenvalue weighted by atomic mass is 10.00. The molecule has 2 rings (SSSR count). The zero-order valence-electron chi connectivity index (χ0n) is 12.4. The van der Waals surface area contributed by atoms with Crippen LogP contribution in [-0.4, -0.2) is 6.61 Å². The molecular weight excluding hydrogens is 265 g/mol. The third-order valence-corrected chi connectivity index (χ3v) is 3.44. The standard InChI is InChI=1S/C18H22FNO/c1-2-3-12-21-17-10-6-15(7-11-17)18(20)13-14-4-8-16(19)9-5-14/h4-11,18H,2-3,12-13,20H2,1H3. The second-order valence-corrected chi connectivity index (χ2v) is 5.21. The Balaban J connectivity index is 1.93. The molecular formula is C18H22FNO. The van der Waals surface area contributed by atoms with Crippen LogP contribution in [0.3, 0.4) is 0 Å². The lowest BCUT2D eigenvalue weighted by molar-refractivity contribution is 0.309. The highest BCUT2D eigenvalue weighted by Crippen LogP contribution is 2.20. The van der Waals surface area contributed by atoms with Crippen molar-refractivity contribution in [1.29, 1.82) is 0 Å². The molecule has 3 heteroatoms. The number of hydrogen-bond acceptors (Lipinski definition) is 2. The number of benzene rings is 2. The molecule has 0 fully saturated rings. The fourth-order valence-corrected chi connectivity index (χ4v) is 2.14. The van der Waals surface area contributed by atoms with Crippen LogP contribution in [0.5, 0.6) is 5.75 Å². The molecule has 0 saturated carbocycles. The molecule has 0 heterocycles. The Morgan fingerprint density at radius 1 is 1.05 bits per heavy atom. The molecule has 0 bridgehead atoms. The SMILES string of the molecule is CCCCOc1ccc(C(N)Cc2ccc(F)cc2)cc1. The van der Waals surface area contributed by atoms with Gasteiger partial charge in [0, 0.05) is 6.04 Å². The highest BCUT2D eigenvalue weighted by molar-refractivity contribution is 5.30. The van der Waals surface area contributed by atoms with E-state index in [1.54, 1.807) is 12.1 Å². The highest BCUT2D eigenvalue weighted by Gasteiger charge is 2.07. The summed E-state index contributed by atoms with van der Waals surface area (Å²) in [7, 11) is 0. The Kier molecular flexibility index (Phi) is 5.76. The Bertz CT molecular complexity index is 536. The van der Waals surface area contributed by atoms with Crippen LogP contribution < -0.4 is 10.5 Å². The molecule has 0 amide bonds. The quantitative estimate of drug-likeness (QED) is 0.773. The minimum Gasteiger partial charge on any atom is -0.494 e. The van der Waals surface area contributed by atoms with E-state index in [1.165, 1.54) is 12.1 Å². The number of nitrogens with two attached hydrogens (primary N) is 1. The highest BCUT2D eigenvalue weighted by atomic mass is 19.1. The summed E-state index contributed by atoms with van der Waals surface area (Å²) in [6, 6.07) is 14.3. The van der Waals surface area contributed by atoms with Crippen molar-refractivity contribution in [2.24, 2.45) is 5.73 Å². The number of halogens is 1. The lowest BCUT2D eigenvalue weighted by Crippen LogP contribution is -2.13. The summed E-state index contributed by atoms with van der Waals surface area (Å²) in [4.78, 5) is 0. The van der Waals surface area contributed by atoms with Gasteiger partial charge >= 0.3 is 0 Å². The number of unbranched alkanes of at least 4 members (excludes halogenated alkanes) is 1. The van der Waals surface area contributed by atoms with Crippen molar-refractivity contribution in [3.05, 3.63) is 65.5 Å². The molecule has 0 spiro atoms. The average Bonchev–Trinajstić information content (AvgIpc) is 2.50. The molecule has 112 valence electrons. The van der Waals surface area contributed by atoms with Gasteiger partial charge in [0.05, 0.1) is 6.61 Å². The normalized spacial score (nSPS) is 12.1. The summed E-state index contributed by atoms with van der Waals surface area (Å²) in [6.07, 6.45) is 2.88. The smallest absolute Gasteiger partial charge is 0.123 e. The number of rotatable bonds is 7. The van der Waals surface area contributed by atoms with Gasteiger partial charge in [-0.15, -0.1) is 0 Å². The van der Waals surface area contributed by atoms with Crippen molar-refractivity contribution in [3.8, 4) is 5.75 Å². The van der Waals surface area contributed by atoms with E-state index in [1.807, 2.05) is 24.3 Å². The fourth-order valence-electron chi connectivity index (χ4n) is 2.14. The number of hydrogen-bond donors (Lipinski definition) is 1. The first-order valence-electron chi connectivity index (χ1n) is 7.42. The van der Waals surface area contributed by atoms with Gasteiger partial charge in [0.25, 0.3) is 0 Å². The van der Waals surface area contributed by atoms with Gasteiger partial charge in [0.1, 0.15) is 11.6 Å². The molecule has 0 aliphatic carbocycles. The molecule has 1 unspecified atom stereocenters. The molecule has 2 nitrogen and oxygen atoms in total. The van der Waals surface area contributed by atoms with Crippen LogP contribution in [0, 0.1) is 5.82 Å². The first kappa shape index (κ1) is 15.5. The predicted octanol–water partition coefficient (Wildman–Crippen LogP) is 4.25. The van der Waals surface area contributed by atoms with Gasteiger partial charge < -0.3 is 10.5 Å². The van der Waals surface area contributed by atoms with Gasteiger partial charge in [-0.3, -0.25) is 0 Å². The van der Waals surface area contributed by atoms with Crippen molar-refractivity contribution >= 4 is 0 Å². The van der Waals surface area contributed by atoms with E-state index in [0.29, 0.717) is 6.42 Å². The van der Waals surface area contributed by atoms with Crippen LogP contribution >= 0.6 is 0 Å². The Morgan fingerprint density at radius 2 is 1.71 bits per heavy atom. The van der Waals surface area contributed by atoms with Gasteiger partial charge in [-0.25, -0.2) is 4.39 Å². The Labute approximate surface area is 125 Å². The average molecular weight is 287 g/mol. The van der Waals surface area contributed by atoms with Crippen molar-refractivity contribution in [1.82, 2.24) is 0 Å². The number of ether oxygens (including phenoxy) is 1. The monoisotopic (exact) mass is 287 g/mol. The zero-order valence-corrected chi connectivity index (χ0v) is 12.4. The van der Waals surface area contributed by atoms with Crippen LogP contribution in [0.25, 0.3) is 0 Å². The Hall–Kier alpha value is -1.87. The molecule has 0 aliphatic rings. The second kappa shape index (κ2) is 7.79. The fraction of sp³-hybridized carbons (Fsp3) is 0.333. The molecule has 2 aromatic rings. The van der Waals surface area contributed by atoms with Gasteiger partial charge in [0.2, 0.25) is 0 Å². The van der Waals surface area contributed by atoms with E-state index < -0.39 is 0 Å². The molecule has 2 aromatic carbocycles. The topological polar surface area (TPSA) is 35.2 Å². The van der Waals surface area contributed by atoms with Crippen molar-refractivity contribution in [3.63, 3.8) is 0 Å². The molecule has 0 radical (unpaired) electrons. The maximum absolute atomic E-state index is 12.9. The van der Waals surface area contributed by atoms with Gasteiger partial charge in [-0.2, -0.15) is 0 Å². The first-order valence-corrected chi connectivity index (χ1v) is 7.42. The van der Waals surface area contributed by atoms with Crippen LogP contribution in [0.4, 0.5) is 4.39 Å². The van der Waals surface area contributed by atoms with Gasteiger partial charge in [0.15, 0.2) is 0 Å². The molecule has 1 atom stereocenters. The lowest BCUT2D eigenvalue weighted by Gasteiger charge is -2.13. The van der Waals surface area contributed by atoms with Crippen LogP contribution in [0.2, 0.25) is 0 Å². The summed E-state index contributed by atoms with van der Waals surface area (Å²) in [5.41, 5.74) is 8.29. The second-order valence-electron chi connectivity index (χ2n) is 5.21. The first-order chi connectivity index (χ1) is 10.2. The van der Waals surface area contributed by atoms with Gasteiger partial charge in [-0.05, 0) is 48.2 Å². The minimum absolute atomic E-state index is 0.0971. The van der Waals surface area contributed by atoms with E-state index in [9.17, 15) is 4.39 Å². The van der Waals surface area contributed by atoms with Crippen molar-refractivity contribution < 1.29 is 9.13 Å². The summed E-state index contributed by atoms with van der Waals surface area (Å²) in [5.74, 6) is 0.655. The van der Waals surface area contributed by atoms with Crippen molar-refractivity contribution in [2.45, 2.75) is 32.2 Å². The predicted molar refractivity (Wildman–Crippen MR) is 83.9 cm³/mol. The molecule has 0 aliphatic heterocycles. The van der Waals surface area contributed by atoms with Crippen LogP contribution in [0.1, 0.15) is 36.9 Å².